The van der Waals surface area contributed by atoms with Gasteiger partial charge in [-0.05, 0) is 40.5 Å². The molecule has 0 saturated carbocycles. The Morgan fingerprint density at radius 1 is 1.19 bits per heavy atom. The molecule has 0 radical (unpaired) electrons. The first-order chi connectivity index (χ1) is 10.0. The van der Waals surface area contributed by atoms with Crippen molar-refractivity contribution in [1.29, 1.82) is 0 Å². The number of rotatable bonds is 4. The molecule has 2 aromatic carbocycles. The summed E-state index contributed by atoms with van der Waals surface area (Å²) in [4.78, 5) is 14.3. The topological polar surface area (TPSA) is 29.5 Å². The molecule has 0 heterocycles. The number of hydrogen-bond acceptors (Lipinski definition) is 2. The standard InChI is InChI=1S/C17H18BrNO2/c1-12-7-6-9-14(16(12)18)17(20)19(2)11-13-8-4-5-10-15(13)21-3/h4-10H,11H2,1-3H3. The Kier molecular flexibility index (Phi) is 5.02. The second-order valence-electron chi connectivity index (χ2n) is 4.91. The number of aryl methyl sites for hydroxylation is 1. The van der Waals surface area contributed by atoms with Gasteiger partial charge in [0.1, 0.15) is 5.75 Å². The van der Waals surface area contributed by atoms with E-state index < -0.39 is 0 Å². The van der Waals surface area contributed by atoms with E-state index in [-0.39, 0.29) is 5.91 Å². The van der Waals surface area contributed by atoms with Crippen molar-refractivity contribution in [3.63, 3.8) is 0 Å². The van der Waals surface area contributed by atoms with Gasteiger partial charge in [0.2, 0.25) is 0 Å². The maximum absolute atomic E-state index is 12.6. The fourth-order valence-electron chi connectivity index (χ4n) is 2.18. The Hall–Kier alpha value is -1.81. The summed E-state index contributed by atoms with van der Waals surface area (Å²) in [7, 11) is 3.43. The maximum Gasteiger partial charge on any atom is 0.255 e. The Labute approximate surface area is 133 Å². The van der Waals surface area contributed by atoms with Crippen molar-refractivity contribution in [2.45, 2.75) is 13.5 Å². The predicted octanol–water partition coefficient (Wildman–Crippen LogP) is 4.04. The van der Waals surface area contributed by atoms with Crippen LogP contribution in [0.2, 0.25) is 0 Å². The van der Waals surface area contributed by atoms with Crippen LogP contribution in [0.15, 0.2) is 46.9 Å². The maximum atomic E-state index is 12.6. The highest BCUT2D eigenvalue weighted by Crippen LogP contribution is 2.24. The number of amides is 1. The highest BCUT2D eigenvalue weighted by molar-refractivity contribution is 9.10. The van der Waals surface area contributed by atoms with Gasteiger partial charge >= 0.3 is 0 Å². The zero-order valence-electron chi connectivity index (χ0n) is 12.4. The van der Waals surface area contributed by atoms with Crippen LogP contribution in [-0.4, -0.2) is 25.0 Å². The highest BCUT2D eigenvalue weighted by Gasteiger charge is 2.17. The molecule has 4 heteroatoms. The molecule has 0 aliphatic heterocycles. The average Bonchev–Trinajstić information content (AvgIpc) is 2.50. The van der Waals surface area contributed by atoms with E-state index in [9.17, 15) is 4.79 Å². The van der Waals surface area contributed by atoms with Gasteiger partial charge in [0.15, 0.2) is 0 Å². The third-order valence-corrected chi connectivity index (χ3v) is 4.42. The molecule has 21 heavy (non-hydrogen) atoms. The van der Waals surface area contributed by atoms with Crippen LogP contribution in [0, 0.1) is 6.92 Å². The van der Waals surface area contributed by atoms with Crippen LogP contribution in [0.1, 0.15) is 21.5 Å². The fraction of sp³-hybridized carbons (Fsp3) is 0.235. The first-order valence-electron chi connectivity index (χ1n) is 6.67. The summed E-state index contributed by atoms with van der Waals surface area (Å²) in [5.41, 5.74) is 2.71. The van der Waals surface area contributed by atoms with E-state index in [1.807, 2.05) is 49.4 Å². The number of para-hydroxylation sites is 1. The summed E-state index contributed by atoms with van der Waals surface area (Å²) in [6.45, 7) is 2.48. The lowest BCUT2D eigenvalue weighted by atomic mass is 10.1. The van der Waals surface area contributed by atoms with Gasteiger partial charge in [-0.1, -0.05) is 30.3 Å². The molecule has 0 fully saturated rings. The molecule has 0 atom stereocenters. The minimum atomic E-state index is -0.0171. The lowest BCUT2D eigenvalue weighted by Crippen LogP contribution is -2.26. The van der Waals surface area contributed by atoms with Crippen LogP contribution in [0.4, 0.5) is 0 Å². The third-order valence-electron chi connectivity index (χ3n) is 3.37. The number of carbonyl (C=O) groups is 1. The molecule has 2 aromatic rings. The van der Waals surface area contributed by atoms with Gasteiger partial charge in [-0.25, -0.2) is 0 Å². The third kappa shape index (κ3) is 3.45. The lowest BCUT2D eigenvalue weighted by Gasteiger charge is -2.20. The average molecular weight is 348 g/mol. The molecule has 0 bridgehead atoms. The summed E-state index contributed by atoms with van der Waals surface area (Å²) < 4.78 is 6.18. The molecule has 3 nitrogen and oxygen atoms in total. The summed E-state index contributed by atoms with van der Waals surface area (Å²) in [6.07, 6.45) is 0. The molecule has 0 aliphatic carbocycles. The minimum absolute atomic E-state index is 0.0171. The largest absolute Gasteiger partial charge is 0.496 e. The van der Waals surface area contributed by atoms with Gasteiger partial charge in [0.25, 0.3) is 5.91 Å². The molecule has 0 N–H and O–H groups in total. The Bertz CT molecular complexity index is 655. The number of benzene rings is 2. The smallest absolute Gasteiger partial charge is 0.255 e. The SMILES string of the molecule is COc1ccccc1CN(C)C(=O)c1cccc(C)c1Br. The Morgan fingerprint density at radius 2 is 1.90 bits per heavy atom. The molecule has 0 saturated heterocycles. The fourth-order valence-corrected chi connectivity index (χ4v) is 2.61. The normalized spacial score (nSPS) is 10.3. The number of halogens is 1. The van der Waals surface area contributed by atoms with E-state index >= 15 is 0 Å². The number of nitrogens with zero attached hydrogens (tertiary/aromatic N) is 1. The summed E-state index contributed by atoms with van der Waals surface area (Å²) in [6, 6.07) is 13.4. The summed E-state index contributed by atoms with van der Waals surface area (Å²) in [5, 5.41) is 0. The highest BCUT2D eigenvalue weighted by atomic mass is 79.9. The summed E-state index contributed by atoms with van der Waals surface area (Å²) >= 11 is 3.49. The van der Waals surface area contributed by atoms with E-state index in [0.29, 0.717) is 12.1 Å². The number of carbonyl (C=O) groups excluding carboxylic acids is 1. The molecule has 0 aliphatic rings. The molecule has 110 valence electrons. The van der Waals surface area contributed by atoms with Crippen molar-refractivity contribution >= 4 is 21.8 Å². The van der Waals surface area contributed by atoms with Crippen molar-refractivity contribution in [1.82, 2.24) is 4.90 Å². The molecule has 0 unspecified atom stereocenters. The molecular formula is C17H18BrNO2. The van der Waals surface area contributed by atoms with Crippen LogP contribution in [0.5, 0.6) is 5.75 Å². The Balaban J connectivity index is 2.22. The number of ether oxygens (including phenoxy) is 1. The van der Waals surface area contributed by atoms with Gasteiger partial charge in [-0.2, -0.15) is 0 Å². The van der Waals surface area contributed by atoms with Gasteiger partial charge in [-0.15, -0.1) is 0 Å². The second-order valence-corrected chi connectivity index (χ2v) is 5.70. The van der Waals surface area contributed by atoms with E-state index in [4.69, 9.17) is 4.74 Å². The van der Waals surface area contributed by atoms with Crippen LogP contribution in [0.25, 0.3) is 0 Å². The first kappa shape index (κ1) is 15.6. The van der Waals surface area contributed by atoms with E-state index in [2.05, 4.69) is 15.9 Å². The van der Waals surface area contributed by atoms with Gasteiger partial charge < -0.3 is 9.64 Å². The minimum Gasteiger partial charge on any atom is -0.496 e. The van der Waals surface area contributed by atoms with Crippen LogP contribution < -0.4 is 4.74 Å². The molecule has 0 aromatic heterocycles. The Morgan fingerprint density at radius 3 is 2.62 bits per heavy atom. The van der Waals surface area contributed by atoms with E-state index in [1.54, 1.807) is 19.1 Å². The van der Waals surface area contributed by atoms with Crippen molar-refractivity contribution in [2.75, 3.05) is 14.2 Å². The molecule has 2 rings (SSSR count). The van der Waals surface area contributed by atoms with Gasteiger partial charge in [-0.3, -0.25) is 4.79 Å². The van der Waals surface area contributed by atoms with Crippen molar-refractivity contribution < 1.29 is 9.53 Å². The van der Waals surface area contributed by atoms with E-state index in [1.165, 1.54) is 0 Å². The van der Waals surface area contributed by atoms with Crippen molar-refractivity contribution in [2.24, 2.45) is 0 Å². The van der Waals surface area contributed by atoms with Gasteiger partial charge in [0, 0.05) is 23.6 Å². The zero-order valence-corrected chi connectivity index (χ0v) is 14.0. The first-order valence-corrected chi connectivity index (χ1v) is 7.46. The molecule has 0 spiro atoms. The zero-order chi connectivity index (χ0) is 15.4. The van der Waals surface area contributed by atoms with Crippen LogP contribution in [-0.2, 0) is 6.54 Å². The monoisotopic (exact) mass is 347 g/mol. The predicted molar refractivity (Wildman–Crippen MR) is 87.7 cm³/mol. The molecular weight excluding hydrogens is 330 g/mol. The molecule has 1 amide bonds. The number of methoxy groups -OCH3 is 1. The quantitative estimate of drug-likeness (QED) is 0.835. The van der Waals surface area contributed by atoms with Crippen LogP contribution in [0.3, 0.4) is 0 Å². The van der Waals surface area contributed by atoms with Crippen molar-refractivity contribution in [3.8, 4) is 5.75 Å². The van der Waals surface area contributed by atoms with E-state index in [0.717, 1.165) is 21.3 Å². The summed E-state index contributed by atoms with van der Waals surface area (Å²) in [5.74, 6) is 0.775. The number of hydrogen-bond donors (Lipinski definition) is 0. The van der Waals surface area contributed by atoms with Gasteiger partial charge in [0.05, 0.1) is 12.7 Å². The second kappa shape index (κ2) is 6.76. The van der Waals surface area contributed by atoms with Crippen LogP contribution >= 0.6 is 15.9 Å². The van der Waals surface area contributed by atoms with Crippen molar-refractivity contribution in [3.05, 3.63) is 63.6 Å². The lowest BCUT2D eigenvalue weighted by molar-refractivity contribution is 0.0783.